The normalized spacial score (nSPS) is 11.1. The molecule has 0 spiro atoms. The van der Waals surface area contributed by atoms with Crippen LogP contribution in [-0.4, -0.2) is 0 Å². The molecule has 0 aliphatic carbocycles. The highest BCUT2D eigenvalue weighted by atomic mass is 79.9. The predicted molar refractivity (Wildman–Crippen MR) is 312 cm³/mol. The first-order valence-corrected chi connectivity index (χ1v) is 26.3. The third kappa shape index (κ3) is 9.50. The number of rotatable bonds is 10. The van der Waals surface area contributed by atoms with Gasteiger partial charge in [0.05, 0.1) is 0 Å². The van der Waals surface area contributed by atoms with Gasteiger partial charge in [-0.05, 0) is 148 Å². The molecular weight excluding hydrogens is 1110 g/mol. The minimum absolute atomic E-state index is 0.984. The topological polar surface area (TPSA) is 0 Å². The van der Waals surface area contributed by atoms with Crippen LogP contribution in [0.2, 0.25) is 0 Å². The highest BCUT2D eigenvalue weighted by Crippen LogP contribution is 2.48. The van der Waals surface area contributed by atoms with Crippen LogP contribution >= 0.6 is 63.7 Å². The van der Waals surface area contributed by atoms with Gasteiger partial charge < -0.3 is 0 Å². The summed E-state index contributed by atoms with van der Waals surface area (Å²) in [5, 5.41) is 0. The molecular formula is C66H42Br4. The van der Waals surface area contributed by atoms with E-state index in [1.165, 1.54) is 44.5 Å². The van der Waals surface area contributed by atoms with Crippen LogP contribution in [0, 0.1) is 0 Å². The molecule has 0 nitrogen and oxygen atoms in total. The van der Waals surface area contributed by atoms with Crippen LogP contribution in [0.4, 0.5) is 0 Å². The maximum absolute atomic E-state index is 4.10. The summed E-state index contributed by atoms with van der Waals surface area (Å²) >= 11 is 16.3. The van der Waals surface area contributed by atoms with Crippen molar-refractivity contribution in [1.29, 1.82) is 0 Å². The maximum atomic E-state index is 4.10. The Morgan fingerprint density at radius 1 is 0.143 bits per heavy atom. The van der Waals surface area contributed by atoms with Crippen LogP contribution in [0.15, 0.2) is 273 Å². The molecule has 11 rings (SSSR count). The summed E-state index contributed by atoms with van der Waals surface area (Å²) in [6.45, 7) is 0. The summed E-state index contributed by atoms with van der Waals surface area (Å²) in [6, 6.07) is 91.6. The van der Waals surface area contributed by atoms with Crippen LogP contribution < -0.4 is 0 Å². The Balaban J connectivity index is 1.01. The molecule has 11 aromatic carbocycles. The molecule has 0 heterocycles. The molecule has 0 fully saturated rings. The SMILES string of the molecule is Brc1cc(-c2cc(-c3ccc(-c4ccccc4)cc3)c(-c3ccc(-c4ccccc4)cc3)cc2Br)c(Br)cc1-c1cc(-c2ccc(-c3ccccc3)cc2)c(-c2ccc(-c3ccccc3)cc2)cc1Br. The predicted octanol–water partition coefficient (Wildman–Crippen LogP) is 21.4. The van der Waals surface area contributed by atoms with E-state index in [-0.39, 0.29) is 0 Å². The zero-order chi connectivity index (χ0) is 47.6. The molecule has 334 valence electrons. The molecule has 0 unspecified atom stereocenters. The molecule has 0 N–H and O–H groups in total. The van der Waals surface area contributed by atoms with Gasteiger partial charge in [0.15, 0.2) is 0 Å². The molecule has 4 heteroatoms. The van der Waals surface area contributed by atoms with E-state index in [1.54, 1.807) is 0 Å². The molecule has 0 saturated heterocycles. The first-order chi connectivity index (χ1) is 34.3. The number of halogens is 4. The highest BCUT2D eigenvalue weighted by molar-refractivity contribution is 9.11. The van der Waals surface area contributed by atoms with Gasteiger partial charge in [-0.15, -0.1) is 0 Å². The molecule has 0 radical (unpaired) electrons. The summed E-state index contributed by atoms with van der Waals surface area (Å²) in [7, 11) is 0. The average molecular weight is 1150 g/mol. The van der Waals surface area contributed by atoms with Gasteiger partial charge >= 0.3 is 0 Å². The van der Waals surface area contributed by atoms with Gasteiger partial charge in [-0.2, -0.15) is 0 Å². The Hall–Kier alpha value is -6.66. The molecule has 0 aromatic heterocycles. The Labute approximate surface area is 443 Å². The molecule has 0 aliphatic rings. The lowest BCUT2D eigenvalue weighted by Crippen LogP contribution is -1.93. The van der Waals surface area contributed by atoms with Crippen molar-refractivity contribution in [3.05, 3.63) is 273 Å². The van der Waals surface area contributed by atoms with Crippen molar-refractivity contribution in [2.75, 3.05) is 0 Å². The fraction of sp³-hybridized carbons (Fsp3) is 0. The molecule has 0 bridgehead atoms. The Morgan fingerprint density at radius 2 is 0.300 bits per heavy atom. The van der Waals surface area contributed by atoms with Crippen molar-refractivity contribution in [1.82, 2.24) is 0 Å². The summed E-state index contributed by atoms with van der Waals surface area (Å²) in [5.41, 5.74) is 23.0. The van der Waals surface area contributed by atoms with Gasteiger partial charge in [0.2, 0.25) is 0 Å². The van der Waals surface area contributed by atoms with E-state index in [0.717, 1.165) is 84.7 Å². The van der Waals surface area contributed by atoms with Gasteiger partial charge in [0.25, 0.3) is 0 Å². The van der Waals surface area contributed by atoms with E-state index >= 15 is 0 Å². The first-order valence-electron chi connectivity index (χ1n) is 23.1. The number of hydrogen-bond acceptors (Lipinski definition) is 0. The van der Waals surface area contributed by atoms with Crippen molar-refractivity contribution in [3.63, 3.8) is 0 Å². The van der Waals surface area contributed by atoms with E-state index in [9.17, 15) is 0 Å². The van der Waals surface area contributed by atoms with Crippen molar-refractivity contribution < 1.29 is 0 Å². The Morgan fingerprint density at radius 3 is 0.529 bits per heavy atom. The van der Waals surface area contributed by atoms with Gasteiger partial charge in [-0.3, -0.25) is 0 Å². The first kappa shape index (κ1) is 45.8. The molecule has 0 amide bonds. The lowest BCUT2D eigenvalue weighted by Gasteiger charge is -2.19. The second-order valence-corrected chi connectivity index (χ2v) is 20.8. The van der Waals surface area contributed by atoms with Crippen molar-refractivity contribution in [2.24, 2.45) is 0 Å². The molecule has 0 atom stereocenters. The summed E-state index contributed by atoms with van der Waals surface area (Å²) in [6.07, 6.45) is 0. The Bertz CT molecular complexity index is 3360. The van der Waals surface area contributed by atoms with E-state index < -0.39 is 0 Å². The second-order valence-electron chi connectivity index (χ2n) is 17.3. The Kier molecular flexibility index (Phi) is 13.3. The number of hydrogen-bond donors (Lipinski definition) is 0. The summed E-state index contributed by atoms with van der Waals surface area (Å²) in [5.74, 6) is 0. The zero-order valence-electron chi connectivity index (χ0n) is 37.8. The third-order valence-electron chi connectivity index (χ3n) is 13.1. The molecule has 0 aliphatic heterocycles. The molecule has 70 heavy (non-hydrogen) atoms. The summed E-state index contributed by atoms with van der Waals surface area (Å²) in [4.78, 5) is 0. The molecule has 11 aromatic rings. The second kappa shape index (κ2) is 20.4. The monoisotopic (exact) mass is 1150 g/mol. The van der Waals surface area contributed by atoms with Crippen LogP contribution in [-0.2, 0) is 0 Å². The number of benzene rings is 11. The van der Waals surface area contributed by atoms with Crippen molar-refractivity contribution >= 4 is 63.7 Å². The van der Waals surface area contributed by atoms with E-state index in [0.29, 0.717) is 0 Å². The van der Waals surface area contributed by atoms with Crippen LogP contribution in [0.5, 0.6) is 0 Å². The minimum Gasteiger partial charge on any atom is -0.0622 e. The minimum atomic E-state index is 0.984. The standard InChI is InChI=1S/C66H42Br4/c67-63-39-57(53-33-25-49(26-34-53)45-17-9-3-10-18-45)55(51-29-21-47(22-30-51)43-13-5-1-6-14-43)37-59(63)61-41-66(70)62(42-65(61)69)60-38-56(52-31-23-48(24-32-52)44-15-7-2-8-16-44)58(40-64(60)68)54-35-27-50(28-36-54)46-19-11-4-12-20-46/h1-42H. The molecule has 0 saturated carbocycles. The van der Waals surface area contributed by atoms with Gasteiger partial charge in [-0.25, -0.2) is 0 Å². The largest absolute Gasteiger partial charge is 0.0622 e. The average Bonchev–Trinajstić information content (AvgIpc) is 3.42. The van der Waals surface area contributed by atoms with Crippen LogP contribution in [0.3, 0.4) is 0 Å². The summed E-state index contributed by atoms with van der Waals surface area (Å²) < 4.78 is 3.98. The smallest absolute Gasteiger partial charge is 0.0261 e. The van der Waals surface area contributed by atoms with Crippen LogP contribution in [0.1, 0.15) is 0 Å². The van der Waals surface area contributed by atoms with Crippen molar-refractivity contribution in [3.8, 4) is 111 Å². The maximum Gasteiger partial charge on any atom is 0.0261 e. The highest BCUT2D eigenvalue weighted by Gasteiger charge is 2.21. The lowest BCUT2D eigenvalue weighted by atomic mass is 9.88. The fourth-order valence-corrected chi connectivity index (χ4v) is 11.6. The lowest BCUT2D eigenvalue weighted by molar-refractivity contribution is 1.49. The van der Waals surface area contributed by atoms with E-state index in [4.69, 9.17) is 0 Å². The van der Waals surface area contributed by atoms with Gasteiger partial charge in [0, 0.05) is 17.9 Å². The van der Waals surface area contributed by atoms with Crippen LogP contribution in [0.25, 0.3) is 111 Å². The van der Waals surface area contributed by atoms with Crippen molar-refractivity contribution in [2.45, 2.75) is 0 Å². The fourth-order valence-electron chi connectivity index (χ4n) is 9.37. The quantitative estimate of drug-likeness (QED) is 0.128. The van der Waals surface area contributed by atoms with E-state index in [1.807, 2.05) is 0 Å². The van der Waals surface area contributed by atoms with Gasteiger partial charge in [-0.1, -0.05) is 282 Å². The third-order valence-corrected chi connectivity index (χ3v) is 15.7. The zero-order valence-corrected chi connectivity index (χ0v) is 44.1. The van der Waals surface area contributed by atoms with Gasteiger partial charge in [0.1, 0.15) is 0 Å². The van der Waals surface area contributed by atoms with E-state index in [2.05, 4.69) is 319 Å².